The van der Waals surface area contributed by atoms with Gasteiger partial charge in [0.15, 0.2) is 0 Å². The van der Waals surface area contributed by atoms with Crippen molar-refractivity contribution < 1.29 is 18.7 Å². The van der Waals surface area contributed by atoms with E-state index in [4.69, 9.17) is 13.9 Å². The molecular formula is C33H28O5. The molecule has 1 aliphatic rings. The van der Waals surface area contributed by atoms with E-state index < -0.39 is 5.92 Å². The molecule has 0 bridgehead atoms. The Morgan fingerprint density at radius 3 is 2.37 bits per heavy atom. The number of fused-ring (bicyclic) bond motifs is 2. The van der Waals surface area contributed by atoms with E-state index in [0.717, 1.165) is 57.0 Å². The van der Waals surface area contributed by atoms with Crippen LogP contribution in [-0.4, -0.2) is 13.1 Å². The zero-order valence-corrected chi connectivity index (χ0v) is 21.4. The molecule has 6 rings (SSSR count). The number of carbonyl (C=O) groups excluding carboxylic acids is 1. The quantitative estimate of drug-likeness (QED) is 0.217. The number of ether oxygens (including phenoxy) is 2. The minimum Gasteiger partial charge on any atom is -0.497 e. The third kappa shape index (κ3) is 4.56. The first-order chi connectivity index (χ1) is 18.5. The van der Waals surface area contributed by atoms with E-state index in [1.807, 2.05) is 91.9 Å². The number of methoxy groups -OCH3 is 1. The minimum atomic E-state index is -0.395. The van der Waals surface area contributed by atoms with Crippen LogP contribution < -0.4 is 10.4 Å². The number of rotatable bonds is 7. The molecule has 5 aromatic rings. The van der Waals surface area contributed by atoms with Gasteiger partial charge in [-0.25, -0.2) is 4.79 Å². The monoisotopic (exact) mass is 504 g/mol. The predicted octanol–water partition coefficient (Wildman–Crippen LogP) is 7.35. The van der Waals surface area contributed by atoms with Crippen molar-refractivity contribution >= 4 is 27.5 Å². The Bertz CT molecular complexity index is 1710. The standard InChI is InChI=1S/C33H28O5/c1-20(24-13-14-26-18-27(36-2)16-15-25(26)17-24)32(34)37-19-21-7-9-23(10-8-21)31-30(22-11-12-22)28-5-3-4-6-29(28)33(35)38-31/h3-10,13-18,20,22H,11-12,19H2,1-2H3/t20-/m1/s1. The SMILES string of the molecule is COc1ccc2cc([C@@H](C)C(=O)OCc3ccc(-c4oc(=O)c5ccccc5c4C4CC4)cc3)ccc2c1. The molecule has 38 heavy (non-hydrogen) atoms. The van der Waals surface area contributed by atoms with Crippen molar-refractivity contribution in [2.45, 2.75) is 38.2 Å². The summed E-state index contributed by atoms with van der Waals surface area (Å²) in [4.78, 5) is 25.5. The zero-order chi connectivity index (χ0) is 26.2. The Morgan fingerprint density at radius 2 is 1.63 bits per heavy atom. The molecule has 1 saturated carbocycles. The van der Waals surface area contributed by atoms with Crippen LogP contribution in [0.5, 0.6) is 5.75 Å². The van der Waals surface area contributed by atoms with Gasteiger partial charge < -0.3 is 13.9 Å². The first-order valence-corrected chi connectivity index (χ1v) is 12.9. The van der Waals surface area contributed by atoms with Gasteiger partial charge in [-0.05, 0) is 71.2 Å². The summed E-state index contributed by atoms with van der Waals surface area (Å²) in [6.45, 7) is 2.03. The lowest BCUT2D eigenvalue weighted by atomic mass is 9.97. The molecule has 1 aromatic heterocycles. The maximum Gasteiger partial charge on any atom is 0.344 e. The van der Waals surface area contributed by atoms with Crippen molar-refractivity contribution in [1.29, 1.82) is 0 Å². The summed E-state index contributed by atoms with van der Waals surface area (Å²) >= 11 is 0. The smallest absolute Gasteiger partial charge is 0.344 e. The normalized spacial score (nSPS) is 13.9. The van der Waals surface area contributed by atoms with Crippen LogP contribution in [0.3, 0.4) is 0 Å². The number of benzene rings is 4. The number of esters is 1. The number of carbonyl (C=O) groups is 1. The molecule has 190 valence electrons. The lowest BCUT2D eigenvalue weighted by molar-refractivity contribution is -0.146. The molecular weight excluding hydrogens is 476 g/mol. The van der Waals surface area contributed by atoms with Gasteiger partial charge in [0.1, 0.15) is 18.1 Å². The van der Waals surface area contributed by atoms with Crippen LogP contribution in [0, 0.1) is 0 Å². The third-order valence-electron chi connectivity index (χ3n) is 7.38. The minimum absolute atomic E-state index is 0.172. The van der Waals surface area contributed by atoms with Gasteiger partial charge in [0.05, 0.1) is 18.4 Å². The van der Waals surface area contributed by atoms with Crippen LogP contribution >= 0.6 is 0 Å². The summed E-state index contributed by atoms with van der Waals surface area (Å²) in [6.07, 6.45) is 2.20. The molecule has 0 radical (unpaired) electrons. The van der Waals surface area contributed by atoms with Crippen LogP contribution in [0.15, 0.2) is 94.1 Å². The topological polar surface area (TPSA) is 65.7 Å². The lowest BCUT2D eigenvalue weighted by Gasteiger charge is -2.14. The molecule has 1 aliphatic carbocycles. The van der Waals surface area contributed by atoms with E-state index in [-0.39, 0.29) is 18.2 Å². The molecule has 0 N–H and O–H groups in total. The summed E-state index contributed by atoms with van der Waals surface area (Å²) in [6, 6.07) is 27.2. The summed E-state index contributed by atoms with van der Waals surface area (Å²) in [5.41, 5.74) is 3.42. The van der Waals surface area contributed by atoms with E-state index in [0.29, 0.717) is 17.1 Å². The first-order valence-electron chi connectivity index (χ1n) is 12.9. The Kier molecular flexibility index (Phi) is 6.20. The second kappa shape index (κ2) is 9.82. The second-order valence-corrected chi connectivity index (χ2v) is 9.95. The molecule has 5 nitrogen and oxygen atoms in total. The van der Waals surface area contributed by atoms with Crippen molar-refractivity contribution in [2.75, 3.05) is 7.11 Å². The predicted molar refractivity (Wildman–Crippen MR) is 149 cm³/mol. The van der Waals surface area contributed by atoms with Crippen LogP contribution in [0.2, 0.25) is 0 Å². The van der Waals surface area contributed by atoms with Crippen molar-refractivity contribution in [3.05, 3.63) is 112 Å². The molecule has 0 unspecified atom stereocenters. The van der Waals surface area contributed by atoms with Crippen molar-refractivity contribution in [2.24, 2.45) is 0 Å². The van der Waals surface area contributed by atoms with Crippen LogP contribution in [0.25, 0.3) is 32.9 Å². The van der Waals surface area contributed by atoms with Crippen molar-refractivity contribution in [3.63, 3.8) is 0 Å². The van der Waals surface area contributed by atoms with Gasteiger partial charge >= 0.3 is 11.6 Å². The highest BCUT2D eigenvalue weighted by molar-refractivity contribution is 5.90. The molecule has 4 aromatic carbocycles. The molecule has 0 saturated heterocycles. The Labute approximate surface area is 220 Å². The van der Waals surface area contributed by atoms with E-state index in [2.05, 4.69) is 0 Å². The molecule has 0 spiro atoms. The Morgan fingerprint density at radius 1 is 0.921 bits per heavy atom. The van der Waals surface area contributed by atoms with Crippen molar-refractivity contribution in [1.82, 2.24) is 0 Å². The molecule has 0 aliphatic heterocycles. The maximum absolute atomic E-state index is 12.8. The molecule has 0 amide bonds. The van der Waals surface area contributed by atoms with Gasteiger partial charge in [-0.2, -0.15) is 0 Å². The number of hydrogen-bond donors (Lipinski definition) is 0. The van der Waals surface area contributed by atoms with Gasteiger partial charge in [0, 0.05) is 11.1 Å². The summed E-state index contributed by atoms with van der Waals surface area (Å²) in [5.74, 6) is 1.18. The molecule has 1 atom stereocenters. The van der Waals surface area contributed by atoms with E-state index in [1.54, 1.807) is 7.11 Å². The zero-order valence-electron chi connectivity index (χ0n) is 21.4. The first kappa shape index (κ1) is 24.0. The highest BCUT2D eigenvalue weighted by atomic mass is 16.5. The van der Waals surface area contributed by atoms with Gasteiger partial charge in [-0.1, -0.05) is 66.7 Å². The fourth-order valence-electron chi connectivity index (χ4n) is 5.02. The second-order valence-electron chi connectivity index (χ2n) is 9.95. The fourth-order valence-corrected chi connectivity index (χ4v) is 5.02. The fraction of sp³-hybridized carbons (Fsp3) is 0.212. The van der Waals surface area contributed by atoms with Crippen LogP contribution in [0.4, 0.5) is 0 Å². The average Bonchev–Trinajstić information content (AvgIpc) is 3.80. The Balaban J connectivity index is 1.18. The average molecular weight is 505 g/mol. The highest BCUT2D eigenvalue weighted by Gasteiger charge is 2.30. The van der Waals surface area contributed by atoms with Crippen LogP contribution in [-0.2, 0) is 16.1 Å². The van der Waals surface area contributed by atoms with Gasteiger partial charge in [-0.3, -0.25) is 4.79 Å². The molecule has 1 heterocycles. The Hall–Kier alpha value is -4.38. The van der Waals surface area contributed by atoms with E-state index in [1.165, 1.54) is 0 Å². The summed E-state index contributed by atoms with van der Waals surface area (Å²) < 4.78 is 16.8. The van der Waals surface area contributed by atoms with Gasteiger partial charge in [-0.15, -0.1) is 0 Å². The molecule has 5 heteroatoms. The van der Waals surface area contributed by atoms with Gasteiger partial charge in [0.2, 0.25) is 0 Å². The number of hydrogen-bond acceptors (Lipinski definition) is 5. The maximum atomic E-state index is 12.8. The third-order valence-corrected chi connectivity index (χ3v) is 7.38. The summed E-state index contributed by atoms with van der Waals surface area (Å²) in [7, 11) is 1.65. The van der Waals surface area contributed by atoms with Gasteiger partial charge in [0.25, 0.3) is 0 Å². The molecule has 1 fully saturated rings. The van der Waals surface area contributed by atoms with Crippen LogP contribution in [0.1, 0.15) is 48.3 Å². The van der Waals surface area contributed by atoms with Crippen molar-refractivity contribution in [3.8, 4) is 17.1 Å². The highest BCUT2D eigenvalue weighted by Crippen LogP contribution is 2.47. The largest absolute Gasteiger partial charge is 0.497 e. The van der Waals surface area contributed by atoms with E-state index in [9.17, 15) is 9.59 Å². The lowest BCUT2D eigenvalue weighted by Crippen LogP contribution is -2.13. The van der Waals surface area contributed by atoms with E-state index >= 15 is 0 Å². The summed E-state index contributed by atoms with van der Waals surface area (Å²) in [5, 5.41) is 3.70.